The standard InChI is InChI=1S/C25H24N4OS2/c1-3-5-16-29-23(30)22(24-28(4-2)20-13-6-7-14-21(20)31-24)32-25(29)27-19-12-8-11-18-17(19)10-9-15-26-18/h6-15H,3-5,16H2,1-2H3. The van der Waals surface area contributed by atoms with Crippen LogP contribution in [0, 0.1) is 0 Å². The van der Waals surface area contributed by atoms with Crippen molar-refractivity contribution in [3.8, 4) is 0 Å². The van der Waals surface area contributed by atoms with Gasteiger partial charge in [0.25, 0.3) is 5.91 Å². The highest BCUT2D eigenvalue weighted by atomic mass is 32.2. The number of nitrogens with zero attached hydrogens (tertiary/aromatic N) is 4. The number of anilines is 1. The SMILES string of the molecule is CCCCN1C(=O)C(=C2Sc3ccccc3N2CC)SC1=Nc1cccc2ncccc12. The van der Waals surface area contributed by atoms with Gasteiger partial charge in [-0.3, -0.25) is 14.7 Å². The van der Waals surface area contributed by atoms with E-state index in [4.69, 9.17) is 4.99 Å². The molecule has 3 aromatic rings. The van der Waals surface area contributed by atoms with E-state index < -0.39 is 0 Å². The summed E-state index contributed by atoms with van der Waals surface area (Å²) in [4.78, 5) is 29.1. The van der Waals surface area contributed by atoms with Crippen molar-refractivity contribution in [3.63, 3.8) is 0 Å². The Morgan fingerprint density at radius 1 is 0.969 bits per heavy atom. The summed E-state index contributed by atoms with van der Waals surface area (Å²) >= 11 is 3.17. The van der Waals surface area contributed by atoms with E-state index in [1.165, 1.54) is 22.3 Å². The third kappa shape index (κ3) is 3.69. The number of benzene rings is 2. The van der Waals surface area contributed by atoms with Crippen molar-refractivity contribution in [2.75, 3.05) is 18.0 Å². The molecule has 162 valence electrons. The van der Waals surface area contributed by atoms with Gasteiger partial charge in [0.15, 0.2) is 5.17 Å². The second kappa shape index (κ2) is 9.00. The van der Waals surface area contributed by atoms with Crippen molar-refractivity contribution in [2.24, 2.45) is 4.99 Å². The number of para-hydroxylation sites is 1. The molecule has 3 heterocycles. The van der Waals surface area contributed by atoms with E-state index in [0.29, 0.717) is 6.54 Å². The number of hydrogen-bond donors (Lipinski definition) is 0. The van der Waals surface area contributed by atoms with E-state index in [2.05, 4.69) is 35.9 Å². The molecule has 0 saturated carbocycles. The van der Waals surface area contributed by atoms with Gasteiger partial charge in [0.2, 0.25) is 0 Å². The molecule has 2 aliphatic rings. The number of thioether (sulfide) groups is 2. The van der Waals surface area contributed by atoms with Crippen LogP contribution in [0.25, 0.3) is 10.9 Å². The van der Waals surface area contributed by atoms with Gasteiger partial charge >= 0.3 is 0 Å². The molecule has 0 aliphatic carbocycles. The number of unbranched alkanes of at least 4 members (excludes halogenated alkanes) is 1. The Morgan fingerprint density at radius 3 is 2.69 bits per heavy atom. The number of hydrogen-bond acceptors (Lipinski definition) is 6. The minimum absolute atomic E-state index is 0.0503. The smallest absolute Gasteiger partial charge is 0.269 e. The summed E-state index contributed by atoms with van der Waals surface area (Å²) in [6, 6.07) is 18.2. The van der Waals surface area contributed by atoms with Crippen LogP contribution in [0.4, 0.5) is 11.4 Å². The highest BCUT2D eigenvalue weighted by molar-refractivity contribution is 8.19. The van der Waals surface area contributed by atoms with Gasteiger partial charge in [0.05, 0.1) is 16.9 Å². The zero-order valence-corrected chi connectivity index (χ0v) is 19.7. The molecule has 1 aromatic heterocycles. The first-order valence-corrected chi connectivity index (χ1v) is 12.6. The van der Waals surface area contributed by atoms with Gasteiger partial charge in [-0.2, -0.15) is 0 Å². The largest absolute Gasteiger partial charge is 0.334 e. The zero-order chi connectivity index (χ0) is 22.1. The van der Waals surface area contributed by atoms with E-state index >= 15 is 0 Å². The first kappa shape index (κ1) is 21.1. The summed E-state index contributed by atoms with van der Waals surface area (Å²) in [5.41, 5.74) is 2.91. The number of aliphatic imine (C=N–C) groups is 1. The van der Waals surface area contributed by atoms with Crippen molar-refractivity contribution in [2.45, 2.75) is 31.6 Å². The van der Waals surface area contributed by atoms with E-state index in [9.17, 15) is 4.79 Å². The van der Waals surface area contributed by atoms with Gasteiger partial charge in [0.1, 0.15) is 9.93 Å². The summed E-state index contributed by atoms with van der Waals surface area (Å²) in [6.45, 7) is 5.75. The molecule has 2 aromatic carbocycles. The number of fused-ring (bicyclic) bond motifs is 2. The number of amidine groups is 1. The molecule has 0 unspecified atom stereocenters. The summed E-state index contributed by atoms with van der Waals surface area (Å²) in [5, 5.41) is 2.75. The van der Waals surface area contributed by atoms with E-state index in [1.54, 1.807) is 18.0 Å². The molecular formula is C25H24N4OS2. The predicted octanol–water partition coefficient (Wildman–Crippen LogP) is 6.40. The lowest BCUT2D eigenvalue weighted by Crippen LogP contribution is -2.30. The number of carbonyl (C=O) groups excluding carboxylic acids is 1. The summed E-state index contributed by atoms with van der Waals surface area (Å²) in [6.07, 6.45) is 3.75. The second-order valence-electron chi connectivity index (χ2n) is 7.60. The quantitative estimate of drug-likeness (QED) is 0.412. The Bertz CT molecular complexity index is 1250. The van der Waals surface area contributed by atoms with Crippen LogP contribution in [0.1, 0.15) is 26.7 Å². The lowest BCUT2D eigenvalue weighted by molar-refractivity contribution is -0.122. The number of rotatable bonds is 5. The van der Waals surface area contributed by atoms with Crippen LogP contribution in [-0.2, 0) is 4.79 Å². The summed E-state index contributed by atoms with van der Waals surface area (Å²) in [5.74, 6) is 0.0503. The van der Waals surface area contributed by atoms with E-state index in [0.717, 1.165) is 51.1 Å². The van der Waals surface area contributed by atoms with Gasteiger partial charge < -0.3 is 4.90 Å². The van der Waals surface area contributed by atoms with Gasteiger partial charge in [-0.1, -0.05) is 43.3 Å². The first-order valence-electron chi connectivity index (χ1n) is 10.9. The fourth-order valence-electron chi connectivity index (χ4n) is 3.94. The number of amides is 1. The Kier molecular flexibility index (Phi) is 5.93. The molecule has 0 N–H and O–H groups in total. The fraction of sp³-hybridized carbons (Fsp3) is 0.240. The van der Waals surface area contributed by atoms with Crippen molar-refractivity contribution in [3.05, 3.63) is 70.7 Å². The van der Waals surface area contributed by atoms with Crippen molar-refractivity contribution >= 4 is 56.9 Å². The molecule has 0 atom stereocenters. The Morgan fingerprint density at radius 2 is 1.84 bits per heavy atom. The Hall–Kier alpha value is -2.77. The van der Waals surface area contributed by atoms with Gasteiger partial charge in [0, 0.05) is 29.6 Å². The van der Waals surface area contributed by atoms with Crippen LogP contribution in [-0.4, -0.2) is 34.0 Å². The fourth-order valence-corrected chi connectivity index (χ4v) is 6.35. The van der Waals surface area contributed by atoms with Gasteiger partial charge in [-0.15, -0.1) is 0 Å². The van der Waals surface area contributed by atoms with Crippen LogP contribution in [0.3, 0.4) is 0 Å². The van der Waals surface area contributed by atoms with Crippen LogP contribution in [0.5, 0.6) is 0 Å². The Labute approximate surface area is 196 Å². The molecule has 7 heteroatoms. The van der Waals surface area contributed by atoms with Crippen LogP contribution in [0.2, 0.25) is 0 Å². The highest BCUT2D eigenvalue weighted by Crippen LogP contribution is 2.50. The maximum absolute atomic E-state index is 13.6. The van der Waals surface area contributed by atoms with E-state index in [1.807, 2.05) is 47.4 Å². The number of aromatic nitrogens is 1. The minimum atomic E-state index is 0.0503. The third-order valence-corrected chi connectivity index (χ3v) is 7.93. The lowest BCUT2D eigenvalue weighted by Gasteiger charge is -2.19. The summed E-state index contributed by atoms with van der Waals surface area (Å²) < 4.78 is 0. The molecular weight excluding hydrogens is 436 g/mol. The second-order valence-corrected chi connectivity index (χ2v) is 9.61. The first-order chi connectivity index (χ1) is 15.7. The molecule has 0 radical (unpaired) electrons. The molecule has 0 bridgehead atoms. The molecule has 0 spiro atoms. The molecule has 1 amide bonds. The van der Waals surface area contributed by atoms with Gasteiger partial charge in [-0.05, 0) is 61.5 Å². The molecule has 5 nitrogen and oxygen atoms in total. The van der Waals surface area contributed by atoms with Crippen molar-refractivity contribution in [1.29, 1.82) is 0 Å². The topological polar surface area (TPSA) is 48.8 Å². The van der Waals surface area contributed by atoms with Crippen LogP contribution < -0.4 is 4.90 Å². The van der Waals surface area contributed by atoms with E-state index in [-0.39, 0.29) is 5.91 Å². The average molecular weight is 461 g/mol. The molecule has 1 saturated heterocycles. The third-order valence-electron chi connectivity index (χ3n) is 5.56. The monoisotopic (exact) mass is 460 g/mol. The highest BCUT2D eigenvalue weighted by Gasteiger charge is 2.39. The maximum atomic E-state index is 13.6. The molecule has 2 aliphatic heterocycles. The summed E-state index contributed by atoms with van der Waals surface area (Å²) in [7, 11) is 0. The van der Waals surface area contributed by atoms with Crippen molar-refractivity contribution < 1.29 is 4.79 Å². The Balaban J connectivity index is 1.59. The number of pyridine rings is 1. The van der Waals surface area contributed by atoms with Gasteiger partial charge in [-0.25, -0.2) is 4.99 Å². The maximum Gasteiger partial charge on any atom is 0.269 e. The van der Waals surface area contributed by atoms with Crippen molar-refractivity contribution in [1.82, 2.24) is 9.88 Å². The lowest BCUT2D eigenvalue weighted by atomic mass is 10.2. The average Bonchev–Trinajstić information content (AvgIpc) is 3.34. The molecule has 5 rings (SSSR count). The van der Waals surface area contributed by atoms with Crippen LogP contribution in [0.15, 0.2) is 80.6 Å². The zero-order valence-electron chi connectivity index (χ0n) is 18.1. The predicted molar refractivity (Wildman–Crippen MR) is 135 cm³/mol. The molecule has 32 heavy (non-hydrogen) atoms. The van der Waals surface area contributed by atoms with Crippen LogP contribution >= 0.6 is 23.5 Å². The minimum Gasteiger partial charge on any atom is -0.334 e. The molecule has 1 fully saturated rings. The normalized spacial score (nSPS) is 19.4. The number of carbonyl (C=O) groups is 1.